The molecule has 0 radical (unpaired) electrons. The zero-order valence-corrected chi connectivity index (χ0v) is 23.9. The van der Waals surface area contributed by atoms with Crippen molar-refractivity contribution in [2.45, 2.75) is 19.5 Å². The average molecular weight is 519 g/mol. The summed E-state index contributed by atoms with van der Waals surface area (Å²) in [7, 11) is 0. The molecule has 0 spiro atoms. The van der Waals surface area contributed by atoms with E-state index >= 15 is 0 Å². The summed E-state index contributed by atoms with van der Waals surface area (Å²) in [6, 6.07) is 39.0. The molecule has 182 valence electrons. The van der Waals surface area contributed by atoms with Crippen LogP contribution in [0.4, 0.5) is 0 Å². The van der Waals surface area contributed by atoms with Crippen LogP contribution in [-0.2, 0) is 19.2 Å². The fourth-order valence-corrected chi connectivity index (χ4v) is 3.20. The number of rotatable bonds is 0. The third kappa shape index (κ3) is 12.0. The molecule has 0 nitrogen and oxygen atoms in total. The third-order valence-electron chi connectivity index (χ3n) is 4.79. The summed E-state index contributed by atoms with van der Waals surface area (Å²) in [6.07, 6.45) is 10.1. The van der Waals surface area contributed by atoms with Gasteiger partial charge < -0.3 is 0 Å². The van der Waals surface area contributed by atoms with Gasteiger partial charge in [-0.1, -0.05) is 48.5 Å². The molecule has 1 aliphatic carbocycles. The van der Waals surface area contributed by atoms with Crippen LogP contribution >= 0.6 is 0 Å². The first-order valence-electron chi connectivity index (χ1n) is 12.0. The second kappa shape index (κ2) is 17.4. The number of benzene rings is 4. The minimum Gasteiger partial charge on any atom is -0.273 e. The van der Waals surface area contributed by atoms with Gasteiger partial charge in [-0.25, -0.2) is 12.2 Å². The van der Waals surface area contributed by atoms with Crippen LogP contribution in [-0.4, -0.2) is 6.19 Å². The van der Waals surface area contributed by atoms with Gasteiger partial charge in [-0.05, 0) is 0 Å². The second-order valence-electron chi connectivity index (χ2n) is 8.29. The Hall–Kier alpha value is -3.10. The van der Waals surface area contributed by atoms with E-state index in [4.69, 9.17) is 0 Å². The first kappa shape index (κ1) is 29.1. The van der Waals surface area contributed by atoms with E-state index in [9.17, 15) is 0 Å². The average Bonchev–Trinajstić information content (AvgIpc) is 3.58. The number of fused-ring (bicyclic) bond motifs is 3. The summed E-state index contributed by atoms with van der Waals surface area (Å²) in [5, 5.41) is 5.39. The van der Waals surface area contributed by atoms with E-state index in [1.807, 2.05) is 72.8 Å². The summed E-state index contributed by atoms with van der Waals surface area (Å²) < 4.78 is 0. The number of hydrogen-bond donors (Lipinski definition) is 0. The smallest absolute Gasteiger partial charge is 0.0771 e. The van der Waals surface area contributed by atoms with E-state index in [1.165, 1.54) is 21.5 Å². The molecular formula is C34H34SiTi-4. The Balaban J connectivity index is 0.000000171. The Bertz CT molecular complexity index is 1240. The van der Waals surface area contributed by atoms with Crippen molar-refractivity contribution in [3.8, 4) is 0 Å². The van der Waals surface area contributed by atoms with E-state index in [0.29, 0.717) is 0 Å². The van der Waals surface area contributed by atoms with E-state index in [-0.39, 0.29) is 6.19 Å². The van der Waals surface area contributed by atoms with Crippen molar-refractivity contribution in [2.75, 3.05) is 0 Å². The van der Waals surface area contributed by atoms with Gasteiger partial charge in [-0.2, -0.15) is 55.3 Å². The molecule has 2 heteroatoms. The fourth-order valence-electron chi connectivity index (χ4n) is 3.20. The number of hydrogen-bond acceptors (Lipinski definition) is 0. The molecule has 0 fully saturated rings. The minimum atomic E-state index is 0.120. The third-order valence-corrected chi connectivity index (χ3v) is 4.79. The van der Waals surface area contributed by atoms with Gasteiger partial charge in [0.05, 0.1) is 0 Å². The van der Waals surface area contributed by atoms with E-state index in [1.54, 1.807) is 0 Å². The van der Waals surface area contributed by atoms with Crippen molar-refractivity contribution >= 4 is 27.7 Å². The predicted molar refractivity (Wildman–Crippen MR) is 158 cm³/mol. The van der Waals surface area contributed by atoms with Gasteiger partial charge in [0.2, 0.25) is 0 Å². The zero-order chi connectivity index (χ0) is 26.0. The predicted octanol–water partition coefficient (Wildman–Crippen LogP) is 9.54. The van der Waals surface area contributed by atoms with Gasteiger partial charge in [0.25, 0.3) is 0 Å². The Morgan fingerprint density at radius 1 is 0.667 bits per heavy atom. The summed E-state index contributed by atoms with van der Waals surface area (Å²) in [5.41, 5.74) is 2.14. The van der Waals surface area contributed by atoms with Crippen LogP contribution in [0.15, 0.2) is 133 Å². The largest absolute Gasteiger partial charge is 0.273 e. The fraction of sp³-hybridized carbons (Fsp3) is 0.0882. The Morgan fingerprint density at radius 3 is 1.33 bits per heavy atom. The Kier molecular flexibility index (Phi) is 14.0. The maximum Gasteiger partial charge on any atom is -0.0771 e. The van der Waals surface area contributed by atoms with Gasteiger partial charge in [0, 0.05) is 0 Å². The van der Waals surface area contributed by atoms with Gasteiger partial charge in [0.15, 0.2) is 0 Å². The molecule has 0 amide bonds. The maximum absolute atomic E-state index is 3.72. The maximum atomic E-state index is 3.72. The molecule has 0 saturated carbocycles. The summed E-state index contributed by atoms with van der Waals surface area (Å²) in [5.74, 6) is 0. The molecule has 0 N–H and O–H groups in total. The normalized spacial score (nSPS) is 10.5. The van der Waals surface area contributed by atoms with Crippen LogP contribution in [0.1, 0.15) is 17.5 Å². The van der Waals surface area contributed by atoms with Gasteiger partial charge in [0.1, 0.15) is 0 Å². The van der Waals surface area contributed by atoms with Crippen molar-refractivity contribution in [3.63, 3.8) is 0 Å². The van der Waals surface area contributed by atoms with Crippen LogP contribution in [0, 0.1) is 19.9 Å². The molecule has 5 aromatic rings. The van der Waals surface area contributed by atoms with Gasteiger partial charge in [-0.15, -0.1) is 70.4 Å². The minimum absolute atomic E-state index is 0.120. The van der Waals surface area contributed by atoms with E-state index < -0.39 is 0 Å². The first-order valence-corrected chi connectivity index (χ1v) is 16.8. The molecule has 0 saturated heterocycles. The Morgan fingerprint density at radius 2 is 1.06 bits per heavy atom. The van der Waals surface area contributed by atoms with Crippen LogP contribution in [0.5, 0.6) is 0 Å². The zero-order valence-electron chi connectivity index (χ0n) is 21.3. The van der Waals surface area contributed by atoms with Crippen molar-refractivity contribution < 1.29 is 19.2 Å². The Labute approximate surface area is 230 Å². The summed E-state index contributed by atoms with van der Waals surface area (Å²) in [4.78, 5) is 0. The number of allylic oxidation sites excluding steroid dienone is 4. The molecule has 0 bridgehead atoms. The summed E-state index contributed by atoms with van der Waals surface area (Å²) in [6.45, 7) is 12.0. The molecule has 6 rings (SSSR count). The molecule has 0 atom stereocenters. The molecular weight excluding hydrogens is 484 g/mol. The topological polar surface area (TPSA) is 0 Å². The SMILES string of the molecule is C[Si](C)=[Ti].[C-]1=CC=CC1.[CH2-]c1ccccc1.[CH2-]c1ccccc1.c1ccc2c(c1)[cH-]c1ccccc12. The van der Waals surface area contributed by atoms with Crippen LogP contribution in [0.2, 0.25) is 13.1 Å². The second-order valence-corrected chi connectivity index (χ2v) is 15.0. The molecule has 0 unspecified atom stereocenters. The van der Waals surface area contributed by atoms with Crippen molar-refractivity contribution in [1.82, 2.24) is 0 Å². The monoisotopic (exact) mass is 518 g/mol. The quantitative estimate of drug-likeness (QED) is 0.141. The molecule has 0 aromatic heterocycles. The molecule has 0 heterocycles. The van der Waals surface area contributed by atoms with Gasteiger partial charge in [-0.3, -0.25) is 6.08 Å². The van der Waals surface area contributed by atoms with Crippen molar-refractivity contribution in [3.05, 3.63) is 165 Å². The van der Waals surface area contributed by atoms with Crippen LogP contribution < -0.4 is 0 Å². The standard InChI is InChI=1S/C13H9.2C7H7.C5H5.C2H6Si.Ti/c1-3-7-12-10(5-1)9-11-6-2-4-8-13(11)12;2*1-7-5-3-2-4-6-7;1-2-4-5-3-1;1-3-2;/h1-9H;2*2-6H,1H2;1-3H,4H2;1-2H3;/q4*-1;;. The van der Waals surface area contributed by atoms with E-state index in [0.717, 1.165) is 17.5 Å². The molecule has 36 heavy (non-hydrogen) atoms. The first-order chi connectivity index (χ1) is 17.5. The van der Waals surface area contributed by atoms with Crippen LogP contribution in [0.25, 0.3) is 21.5 Å². The molecule has 0 aliphatic heterocycles. The summed E-state index contributed by atoms with van der Waals surface area (Å²) >= 11 is 2.27. The van der Waals surface area contributed by atoms with Crippen LogP contribution in [0.3, 0.4) is 0 Å². The van der Waals surface area contributed by atoms with E-state index in [2.05, 4.69) is 113 Å². The van der Waals surface area contributed by atoms with Crippen molar-refractivity contribution in [2.24, 2.45) is 0 Å². The van der Waals surface area contributed by atoms with Gasteiger partial charge >= 0.3 is 38.5 Å². The van der Waals surface area contributed by atoms with Crippen molar-refractivity contribution in [1.29, 1.82) is 0 Å². The molecule has 5 aromatic carbocycles. The molecule has 1 aliphatic rings.